The standard InChI is InChI=1S/C19H26N4O3/c1-5-11-22-13-16(19(25)26-8-4)18(24)15-10-9-14(12-17(15)22)20-21-23(6-2)7-3/h9-10,12-13H,5-8,11H2,1-4H3/b21-20+. The van der Waals surface area contributed by atoms with E-state index < -0.39 is 5.97 Å². The van der Waals surface area contributed by atoms with Gasteiger partial charge in [-0.3, -0.25) is 9.80 Å². The number of carbonyl (C=O) groups excluding carboxylic acids is 1. The van der Waals surface area contributed by atoms with Gasteiger partial charge in [-0.15, -0.1) is 5.11 Å². The summed E-state index contributed by atoms with van der Waals surface area (Å²) in [6.45, 7) is 10.2. The fourth-order valence-corrected chi connectivity index (χ4v) is 2.69. The Morgan fingerprint density at radius 1 is 1.19 bits per heavy atom. The zero-order valence-electron chi connectivity index (χ0n) is 15.9. The summed E-state index contributed by atoms with van der Waals surface area (Å²) < 4.78 is 6.92. The number of rotatable bonds is 8. The van der Waals surface area contributed by atoms with Gasteiger partial charge in [-0.25, -0.2) is 4.79 Å². The minimum absolute atomic E-state index is 0.0605. The second-order valence-corrected chi connectivity index (χ2v) is 5.82. The Balaban J connectivity index is 2.56. The first-order valence-corrected chi connectivity index (χ1v) is 9.06. The number of carbonyl (C=O) groups is 1. The Kier molecular flexibility index (Phi) is 6.89. The van der Waals surface area contributed by atoms with Crippen molar-refractivity contribution >= 4 is 22.6 Å². The molecule has 0 saturated carbocycles. The molecule has 7 heteroatoms. The van der Waals surface area contributed by atoms with Crippen molar-refractivity contribution < 1.29 is 9.53 Å². The first-order chi connectivity index (χ1) is 12.5. The second kappa shape index (κ2) is 9.12. The van der Waals surface area contributed by atoms with E-state index in [9.17, 15) is 9.59 Å². The predicted octanol–water partition coefficient (Wildman–Crippen LogP) is 3.93. The molecule has 0 unspecified atom stereocenters. The molecule has 1 aromatic carbocycles. The average molecular weight is 358 g/mol. The molecule has 0 aliphatic carbocycles. The maximum Gasteiger partial charge on any atom is 0.343 e. The number of hydrogen-bond acceptors (Lipinski definition) is 5. The molecule has 0 aliphatic rings. The maximum absolute atomic E-state index is 12.7. The number of aryl methyl sites for hydroxylation is 1. The molecule has 0 saturated heterocycles. The van der Waals surface area contributed by atoms with Crippen molar-refractivity contribution in [1.29, 1.82) is 0 Å². The van der Waals surface area contributed by atoms with Crippen LogP contribution in [0.5, 0.6) is 0 Å². The van der Waals surface area contributed by atoms with Crippen molar-refractivity contribution in [2.24, 2.45) is 10.3 Å². The van der Waals surface area contributed by atoms with Crippen molar-refractivity contribution in [2.75, 3.05) is 19.7 Å². The summed E-state index contributed by atoms with van der Waals surface area (Å²) in [7, 11) is 0. The van der Waals surface area contributed by atoms with Gasteiger partial charge in [-0.1, -0.05) is 12.1 Å². The highest BCUT2D eigenvalue weighted by molar-refractivity contribution is 5.94. The highest BCUT2D eigenvalue weighted by Gasteiger charge is 2.16. The predicted molar refractivity (Wildman–Crippen MR) is 102 cm³/mol. The molecule has 0 fully saturated rings. The van der Waals surface area contributed by atoms with Crippen LogP contribution in [0.3, 0.4) is 0 Å². The first-order valence-electron chi connectivity index (χ1n) is 9.06. The molecule has 26 heavy (non-hydrogen) atoms. The Labute approximate surface area is 153 Å². The lowest BCUT2D eigenvalue weighted by Gasteiger charge is -2.13. The van der Waals surface area contributed by atoms with E-state index in [1.807, 2.05) is 36.4 Å². The third kappa shape index (κ3) is 4.28. The van der Waals surface area contributed by atoms with E-state index in [0.29, 0.717) is 17.6 Å². The van der Waals surface area contributed by atoms with Gasteiger partial charge in [-0.05, 0) is 45.4 Å². The van der Waals surface area contributed by atoms with Crippen LogP contribution in [-0.2, 0) is 11.3 Å². The molecule has 2 aromatic rings. The molecular weight excluding hydrogens is 332 g/mol. The Bertz CT molecular complexity index is 854. The fraction of sp³-hybridized carbons (Fsp3) is 0.474. The number of nitrogens with zero attached hydrogens (tertiary/aromatic N) is 4. The van der Waals surface area contributed by atoms with Crippen LogP contribution in [0.1, 0.15) is 44.5 Å². The van der Waals surface area contributed by atoms with Crippen molar-refractivity contribution in [3.8, 4) is 0 Å². The molecule has 0 radical (unpaired) electrons. The summed E-state index contributed by atoms with van der Waals surface area (Å²) in [4.78, 5) is 24.8. The van der Waals surface area contributed by atoms with Crippen LogP contribution in [0.4, 0.5) is 5.69 Å². The number of ether oxygens (including phenoxy) is 1. The average Bonchev–Trinajstić information content (AvgIpc) is 2.65. The SMILES string of the molecule is CCCn1cc(C(=O)OCC)c(=O)c2ccc(/N=N/N(CC)CC)cc21. The summed E-state index contributed by atoms with van der Waals surface area (Å²) in [6, 6.07) is 5.26. The van der Waals surface area contributed by atoms with E-state index in [4.69, 9.17) is 4.74 Å². The first kappa shape index (κ1) is 19.6. The number of benzene rings is 1. The molecule has 0 bridgehead atoms. The molecule has 0 atom stereocenters. The Hall–Kier alpha value is -2.70. The lowest BCUT2D eigenvalue weighted by atomic mass is 10.1. The van der Waals surface area contributed by atoms with Gasteiger partial charge in [0, 0.05) is 31.2 Å². The van der Waals surface area contributed by atoms with Gasteiger partial charge in [0.05, 0.1) is 17.8 Å². The molecule has 0 amide bonds. The van der Waals surface area contributed by atoms with E-state index >= 15 is 0 Å². The third-order valence-electron chi connectivity index (χ3n) is 4.04. The quantitative estimate of drug-likeness (QED) is 0.407. The van der Waals surface area contributed by atoms with Gasteiger partial charge in [0.15, 0.2) is 0 Å². The van der Waals surface area contributed by atoms with Crippen molar-refractivity contribution in [1.82, 2.24) is 9.58 Å². The van der Waals surface area contributed by atoms with Crippen molar-refractivity contribution in [3.05, 3.63) is 40.2 Å². The maximum atomic E-state index is 12.7. The van der Waals surface area contributed by atoms with Gasteiger partial charge >= 0.3 is 5.97 Å². The molecule has 1 heterocycles. The van der Waals surface area contributed by atoms with Crippen LogP contribution < -0.4 is 5.43 Å². The van der Waals surface area contributed by atoms with Crippen LogP contribution in [0.25, 0.3) is 10.9 Å². The second-order valence-electron chi connectivity index (χ2n) is 5.82. The fourth-order valence-electron chi connectivity index (χ4n) is 2.69. The summed E-state index contributed by atoms with van der Waals surface area (Å²) in [5, 5.41) is 10.8. The zero-order chi connectivity index (χ0) is 19.1. The molecule has 0 spiro atoms. The minimum Gasteiger partial charge on any atom is -0.462 e. The largest absolute Gasteiger partial charge is 0.462 e. The number of fused-ring (bicyclic) bond motifs is 1. The van der Waals surface area contributed by atoms with E-state index in [-0.39, 0.29) is 17.6 Å². The smallest absolute Gasteiger partial charge is 0.343 e. The van der Waals surface area contributed by atoms with E-state index in [1.165, 1.54) is 0 Å². The lowest BCUT2D eigenvalue weighted by Crippen LogP contribution is -2.21. The highest BCUT2D eigenvalue weighted by Crippen LogP contribution is 2.21. The topological polar surface area (TPSA) is 76.3 Å². The Morgan fingerprint density at radius 2 is 1.92 bits per heavy atom. The van der Waals surface area contributed by atoms with Crippen molar-refractivity contribution in [3.63, 3.8) is 0 Å². The molecule has 140 valence electrons. The summed E-state index contributed by atoms with van der Waals surface area (Å²) in [6.07, 6.45) is 2.45. The van der Waals surface area contributed by atoms with Gasteiger partial charge in [0.2, 0.25) is 5.43 Å². The molecule has 1 aromatic heterocycles. The summed E-state index contributed by atoms with van der Waals surface area (Å²) in [5.41, 5.74) is 1.14. The van der Waals surface area contributed by atoms with E-state index in [1.54, 1.807) is 25.3 Å². The van der Waals surface area contributed by atoms with Crippen LogP contribution in [0, 0.1) is 0 Å². The molecular formula is C19H26N4O3. The summed E-state index contributed by atoms with van der Waals surface area (Å²) in [5.74, 6) is -0.588. The Morgan fingerprint density at radius 3 is 2.54 bits per heavy atom. The third-order valence-corrected chi connectivity index (χ3v) is 4.04. The molecule has 0 N–H and O–H groups in total. The highest BCUT2D eigenvalue weighted by atomic mass is 16.5. The lowest BCUT2D eigenvalue weighted by molar-refractivity contribution is 0.0524. The molecule has 0 aliphatic heterocycles. The van der Waals surface area contributed by atoms with Gasteiger partial charge in [0.1, 0.15) is 5.56 Å². The summed E-state index contributed by atoms with van der Waals surface area (Å²) >= 11 is 0. The molecule has 7 nitrogen and oxygen atoms in total. The van der Waals surface area contributed by atoms with Crippen LogP contribution in [-0.4, -0.2) is 35.2 Å². The van der Waals surface area contributed by atoms with E-state index in [2.05, 4.69) is 10.3 Å². The molecule has 2 rings (SSSR count). The monoisotopic (exact) mass is 358 g/mol. The van der Waals surface area contributed by atoms with Crippen LogP contribution in [0.15, 0.2) is 39.5 Å². The van der Waals surface area contributed by atoms with Crippen LogP contribution >= 0.6 is 0 Å². The van der Waals surface area contributed by atoms with Crippen LogP contribution in [0.2, 0.25) is 0 Å². The van der Waals surface area contributed by atoms with Crippen molar-refractivity contribution in [2.45, 2.75) is 40.7 Å². The number of esters is 1. The number of hydrogen-bond donors (Lipinski definition) is 0. The van der Waals surface area contributed by atoms with Gasteiger partial charge in [-0.2, -0.15) is 0 Å². The normalized spacial score (nSPS) is 11.2. The zero-order valence-corrected chi connectivity index (χ0v) is 15.9. The minimum atomic E-state index is -0.588. The van der Waals surface area contributed by atoms with E-state index in [0.717, 1.165) is 25.0 Å². The van der Waals surface area contributed by atoms with Gasteiger partial charge < -0.3 is 9.30 Å². The van der Waals surface area contributed by atoms with Gasteiger partial charge in [0.25, 0.3) is 0 Å². The number of aromatic nitrogens is 1. The number of pyridine rings is 1.